The molecule has 8 nitrogen and oxygen atoms in total. The summed E-state index contributed by atoms with van der Waals surface area (Å²) in [6.07, 6.45) is 3.08. The highest BCUT2D eigenvalue weighted by molar-refractivity contribution is 6.06. The molecule has 0 saturated carbocycles. The third-order valence-corrected chi connectivity index (χ3v) is 2.70. The molecule has 0 unspecified atom stereocenters. The fourth-order valence-electron chi connectivity index (χ4n) is 1.79. The topological polar surface area (TPSA) is 91.0 Å². The quantitative estimate of drug-likeness (QED) is 0.830. The number of amides is 1. The second-order valence-corrected chi connectivity index (χ2v) is 4.04. The maximum atomic E-state index is 12.2. The highest BCUT2D eigenvalue weighted by Crippen LogP contribution is 2.15. The molecular weight excluding hydrogens is 262 g/mol. The number of methoxy groups -OCH3 is 1. The Hall–Kier alpha value is -2.64. The van der Waals surface area contributed by atoms with Crippen LogP contribution in [0.5, 0.6) is 0 Å². The maximum absolute atomic E-state index is 12.2. The third kappa shape index (κ3) is 2.53. The predicted octanol–water partition coefficient (Wildman–Crippen LogP) is 0.675. The molecule has 0 aliphatic rings. The summed E-state index contributed by atoms with van der Waals surface area (Å²) in [7, 11) is 2.91. The van der Waals surface area contributed by atoms with Gasteiger partial charge in [0.05, 0.1) is 12.8 Å². The number of nitrogens with one attached hydrogen (secondary N) is 1. The van der Waals surface area contributed by atoms with Crippen LogP contribution in [-0.2, 0) is 18.3 Å². The van der Waals surface area contributed by atoms with Gasteiger partial charge in [-0.15, -0.1) is 0 Å². The van der Waals surface area contributed by atoms with Crippen molar-refractivity contribution < 1.29 is 14.3 Å². The van der Waals surface area contributed by atoms with Crippen molar-refractivity contribution in [2.45, 2.75) is 13.5 Å². The summed E-state index contributed by atoms with van der Waals surface area (Å²) in [5, 5.41) is 10.6. The van der Waals surface area contributed by atoms with Crippen LogP contribution in [-0.4, -0.2) is 38.5 Å². The predicted molar refractivity (Wildman–Crippen MR) is 70.4 cm³/mol. The van der Waals surface area contributed by atoms with Crippen LogP contribution >= 0.6 is 0 Å². The van der Waals surface area contributed by atoms with Gasteiger partial charge in [-0.05, 0) is 13.0 Å². The number of ether oxygens (including phenoxy) is 1. The molecule has 2 aromatic heterocycles. The molecular formula is C12H15N5O3. The van der Waals surface area contributed by atoms with Gasteiger partial charge >= 0.3 is 5.97 Å². The average molecular weight is 277 g/mol. The van der Waals surface area contributed by atoms with Gasteiger partial charge in [-0.2, -0.15) is 10.2 Å². The van der Waals surface area contributed by atoms with Gasteiger partial charge in [-0.1, -0.05) is 0 Å². The number of anilines is 1. The van der Waals surface area contributed by atoms with Crippen molar-refractivity contribution in [3.05, 3.63) is 29.8 Å². The van der Waals surface area contributed by atoms with Crippen LogP contribution in [0.1, 0.15) is 27.9 Å². The minimum Gasteiger partial charge on any atom is -0.464 e. The summed E-state index contributed by atoms with van der Waals surface area (Å²) < 4.78 is 7.61. The van der Waals surface area contributed by atoms with Gasteiger partial charge in [0.15, 0.2) is 5.69 Å². The number of aromatic nitrogens is 4. The molecule has 0 bridgehead atoms. The van der Waals surface area contributed by atoms with Crippen LogP contribution in [0.15, 0.2) is 18.5 Å². The van der Waals surface area contributed by atoms with E-state index in [9.17, 15) is 9.59 Å². The lowest BCUT2D eigenvalue weighted by molar-refractivity contribution is 0.0594. The summed E-state index contributed by atoms with van der Waals surface area (Å²) in [5.41, 5.74) is 0.770. The summed E-state index contributed by atoms with van der Waals surface area (Å²) in [6, 6.07) is 1.60. The molecule has 8 heteroatoms. The number of aryl methyl sites for hydroxylation is 2. The minimum absolute atomic E-state index is 0.0610. The van der Waals surface area contributed by atoms with E-state index in [4.69, 9.17) is 0 Å². The summed E-state index contributed by atoms with van der Waals surface area (Å²) >= 11 is 0. The number of esters is 1. The largest absolute Gasteiger partial charge is 0.464 e. The minimum atomic E-state index is -0.607. The number of hydrogen-bond donors (Lipinski definition) is 1. The van der Waals surface area contributed by atoms with E-state index in [1.54, 1.807) is 24.0 Å². The van der Waals surface area contributed by atoms with Gasteiger partial charge in [0.1, 0.15) is 5.69 Å². The first kappa shape index (κ1) is 13.8. The Morgan fingerprint density at radius 3 is 2.85 bits per heavy atom. The molecule has 2 rings (SSSR count). The Balaban J connectivity index is 2.26. The lowest BCUT2D eigenvalue weighted by Gasteiger charge is -2.06. The maximum Gasteiger partial charge on any atom is 0.360 e. The standard InChI is InChI=1S/C12H15N5O3/c1-4-17-9(5-6-13-17)11(18)14-8-7-16(2)15-10(8)12(19)20-3/h5-7H,4H2,1-3H3,(H,14,18). The third-order valence-electron chi connectivity index (χ3n) is 2.70. The molecule has 0 fully saturated rings. The Morgan fingerprint density at radius 1 is 1.45 bits per heavy atom. The Bertz CT molecular complexity index is 643. The second-order valence-electron chi connectivity index (χ2n) is 4.04. The fourth-order valence-corrected chi connectivity index (χ4v) is 1.79. The van der Waals surface area contributed by atoms with Crippen molar-refractivity contribution in [2.75, 3.05) is 12.4 Å². The van der Waals surface area contributed by atoms with Crippen LogP contribution in [0.25, 0.3) is 0 Å². The van der Waals surface area contributed by atoms with Crippen molar-refractivity contribution in [1.82, 2.24) is 19.6 Å². The number of carbonyl (C=O) groups excluding carboxylic acids is 2. The van der Waals surface area contributed by atoms with Crippen LogP contribution in [0, 0.1) is 0 Å². The van der Waals surface area contributed by atoms with E-state index in [-0.39, 0.29) is 11.6 Å². The smallest absolute Gasteiger partial charge is 0.360 e. The van der Waals surface area contributed by atoms with Gasteiger partial charge in [-0.3, -0.25) is 14.2 Å². The lowest BCUT2D eigenvalue weighted by Crippen LogP contribution is -2.18. The molecule has 0 atom stereocenters. The summed E-state index contributed by atoms with van der Waals surface area (Å²) in [5.74, 6) is -0.965. The van der Waals surface area contributed by atoms with E-state index in [0.29, 0.717) is 17.9 Å². The van der Waals surface area contributed by atoms with Crippen molar-refractivity contribution in [2.24, 2.45) is 7.05 Å². The molecule has 1 amide bonds. The van der Waals surface area contributed by atoms with Crippen molar-refractivity contribution in [3.8, 4) is 0 Å². The Morgan fingerprint density at radius 2 is 2.20 bits per heavy atom. The first-order valence-electron chi connectivity index (χ1n) is 6.02. The molecule has 0 spiro atoms. The molecule has 0 aliphatic carbocycles. The number of hydrogen-bond acceptors (Lipinski definition) is 5. The summed E-state index contributed by atoms with van der Waals surface area (Å²) in [6.45, 7) is 2.46. The Kier molecular flexibility index (Phi) is 3.83. The first-order valence-corrected chi connectivity index (χ1v) is 6.02. The molecule has 106 valence electrons. The summed E-state index contributed by atoms with van der Waals surface area (Å²) in [4.78, 5) is 23.7. The zero-order valence-corrected chi connectivity index (χ0v) is 11.5. The first-order chi connectivity index (χ1) is 9.56. The van der Waals surface area contributed by atoms with Gasteiger partial charge in [0, 0.05) is 26.0 Å². The SMILES string of the molecule is CCn1nccc1C(=O)Nc1cn(C)nc1C(=O)OC. The zero-order chi connectivity index (χ0) is 14.7. The fraction of sp³-hybridized carbons (Fsp3) is 0.333. The van der Waals surface area contributed by atoms with E-state index in [1.807, 2.05) is 6.92 Å². The van der Waals surface area contributed by atoms with Gasteiger partial charge in [-0.25, -0.2) is 4.79 Å². The molecule has 0 radical (unpaired) electrons. The van der Waals surface area contributed by atoms with Crippen molar-refractivity contribution >= 4 is 17.6 Å². The molecule has 2 heterocycles. The molecule has 20 heavy (non-hydrogen) atoms. The second kappa shape index (κ2) is 5.55. The van der Waals surface area contributed by atoms with Crippen LogP contribution < -0.4 is 5.32 Å². The van der Waals surface area contributed by atoms with Crippen molar-refractivity contribution in [3.63, 3.8) is 0 Å². The van der Waals surface area contributed by atoms with Gasteiger partial charge in [0.25, 0.3) is 5.91 Å². The van der Waals surface area contributed by atoms with Gasteiger partial charge in [0.2, 0.25) is 0 Å². The van der Waals surface area contributed by atoms with E-state index >= 15 is 0 Å². The van der Waals surface area contributed by atoms with Crippen LogP contribution in [0.3, 0.4) is 0 Å². The normalized spacial score (nSPS) is 10.3. The number of nitrogens with zero attached hydrogens (tertiary/aromatic N) is 4. The van der Waals surface area contributed by atoms with Crippen LogP contribution in [0.4, 0.5) is 5.69 Å². The molecule has 0 aromatic carbocycles. The molecule has 1 N–H and O–H groups in total. The van der Waals surface area contributed by atoms with E-state index in [0.717, 1.165) is 0 Å². The molecule has 2 aromatic rings. The number of carbonyl (C=O) groups is 2. The molecule has 0 aliphatic heterocycles. The van der Waals surface area contributed by atoms with Crippen LogP contribution in [0.2, 0.25) is 0 Å². The zero-order valence-electron chi connectivity index (χ0n) is 11.5. The highest BCUT2D eigenvalue weighted by atomic mass is 16.5. The van der Waals surface area contributed by atoms with Crippen molar-refractivity contribution in [1.29, 1.82) is 0 Å². The Labute approximate surface area is 115 Å². The van der Waals surface area contributed by atoms with E-state index in [1.165, 1.54) is 18.0 Å². The van der Waals surface area contributed by atoms with E-state index in [2.05, 4.69) is 20.3 Å². The molecule has 0 saturated heterocycles. The van der Waals surface area contributed by atoms with Gasteiger partial charge < -0.3 is 10.1 Å². The lowest BCUT2D eigenvalue weighted by atomic mass is 10.3. The average Bonchev–Trinajstić information content (AvgIpc) is 3.04. The van der Waals surface area contributed by atoms with E-state index < -0.39 is 5.97 Å². The monoisotopic (exact) mass is 277 g/mol. The highest BCUT2D eigenvalue weighted by Gasteiger charge is 2.20. The number of rotatable bonds is 4.